The lowest BCUT2D eigenvalue weighted by molar-refractivity contribution is -0.193. The zero-order valence-electron chi connectivity index (χ0n) is 19.9. The topological polar surface area (TPSA) is 113 Å². The maximum Gasteiger partial charge on any atom is 0.490 e. The summed E-state index contributed by atoms with van der Waals surface area (Å²) in [6.45, 7) is 5.72. The van der Waals surface area contributed by atoms with Crippen molar-refractivity contribution in [2.75, 3.05) is 44.2 Å². The lowest BCUT2D eigenvalue weighted by Crippen LogP contribution is -2.53. The largest absolute Gasteiger partial charge is 0.490 e. The molecule has 0 spiro atoms. The first-order chi connectivity index (χ1) is 17.7. The first-order valence-electron chi connectivity index (χ1n) is 11.3. The fraction of sp³-hybridized carbons (Fsp3) is 0.417. The number of anilines is 1. The average molecular weight is 551 g/mol. The van der Waals surface area contributed by atoms with Crippen molar-refractivity contribution >= 4 is 17.6 Å². The third kappa shape index (κ3) is 9.50. The molecular formula is C24H27F6N3O5. The molecule has 2 saturated heterocycles. The number of aliphatic carboxylic acids is 2. The number of aliphatic hydroxyl groups is 1. The molecule has 0 aromatic heterocycles. The third-order valence-corrected chi connectivity index (χ3v) is 5.76. The number of rotatable bonds is 3. The average Bonchev–Trinajstić information content (AvgIpc) is 3.30. The molecule has 0 radical (unpaired) electrons. The summed E-state index contributed by atoms with van der Waals surface area (Å²) in [5, 5.41) is 27.6. The molecule has 2 aromatic carbocycles. The minimum Gasteiger partial charge on any atom is -0.475 e. The number of β-amino-alcohol motifs (C(OH)–C–C–N with tert-alkyl or cyclic N) is 1. The van der Waals surface area contributed by atoms with Gasteiger partial charge in [-0.2, -0.15) is 26.3 Å². The van der Waals surface area contributed by atoms with Gasteiger partial charge >= 0.3 is 24.3 Å². The Labute approximate surface area is 214 Å². The minimum atomic E-state index is -5.08. The van der Waals surface area contributed by atoms with Gasteiger partial charge in [0.25, 0.3) is 0 Å². The SMILES string of the molecule is O=C(O)C(F)(F)F.O=C(O)C(F)(F)F.O[C@H]1CNC[C@@H]1N1CCN(c2ccc(-c3ccccc3)cc2)CC1. The predicted octanol–water partition coefficient (Wildman–Crippen LogP) is 3.07. The molecule has 0 unspecified atom stereocenters. The molecule has 38 heavy (non-hydrogen) atoms. The van der Waals surface area contributed by atoms with E-state index in [1.54, 1.807) is 0 Å². The van der Waals surface area contributed by atoms with Crippen LogP contribution >= 0.6 is 0 Å². The molecule has 14 heteroatoms. The van der Waals surface area contributed by atoms with Gasteiger partial charge in [0.2, 0.25) is 0 Å². The lowest BCUT2D eigenvalue weighted by atomic mass is 10.1. The van der Waals surface area contributed by atoms with Crippen molar-refractivity contribution in [2.24, 2.45) is 0 Å². The van der Waals surface area contributed by atoms with Crippen LogP contribution in [0.15, 0.2) is 54.6 Å². The number of nitrogens with zero attached hydrogens (tertiary/aromatic N) is 2. The van der Waals surface area contributed by atoms with Crippen LogP contribution < -0.4 is 10.2 Å². The van der Waals surface area contributed by atoms with Crippen molar-refractivity contribution in [3.8, 4) is 11.1 Å². The van der Waals surface area contributed by atoms with Crippen LogP contribution in [0.5, 0.6) is 0 Å². The fourth-order valence-corrected chi connectivity index (χ4v) is 3.83. The molecule has 2 aliphatic rings. The number of carbonyl (C=O) groups is 2. The monoisotopic (exact) mass is 551 g/mol. The highest BCUT2D eigenvalue weighted by molar-refractivity contribution is 5.73. The summed E-state index contributed by atoms with van der Waals surface area (Å²) < 4.78 is 63.5. The summed E-state index contributed by atoms with van der Waals surface area (Å²) in [6, 6.07) is 19.7. The smallest absolute Gasteiger partial charge is 0.475 e. The number of halogens is 6. The maximum atomic E-state index is 10.6. The van der Waals surface area contributed by atoms with Gasteiger partial charge in [0.15, 0.2) is 0 Å². The second-order valence-corrected chi connectivity index (χ2v) is 8.33. The van der Waals surface area contributed by atoms with Crippen LogP contribution in [0, 0.1) is 0 Å². The lowest BCUT2D eigenvalue weighted by Gasteiger charge is -2.39. The number of nitrogens with one attached hydrogen (secondary N) is 1. The number of piperazine rings is 1. The van der Waals surface area contributed by atoms with Crippen LogP contribution in [0.25, 0.3) is 11.1 Å². The van der Waals surface area contributed by atoms with Gasteiger partial charge in [-0.05, 0) is 23.3 Å². The van der Waals surface area contributed by atoms with Crippen LogP contribution in [0.3, 0.4) is 0 Å². The number of carboxylic acids is 2. The van der Waals surface area contributed by atoms with E-state index in [1.165, 1.54) is 16.8 Å². The standard InChI is InChI=1S/C20H25N3O.2C2HF3O2/c24-20-15-21-14-19(20)23-12-10-22(11-13-23)18-8-6-17(7-9-18)16-4-2-1-3-5-16;2*3-2(4,5)1(6)7/h1-9,19-21,24H,10-15H2;2*(H,6,7)/t19-,20-;;/m0../s1. The highest BCUT2D eigenvalue weighted by Gasteiger charge is 2.39. The Bertz CT molecular complexity index is 1000. The van der Waals surface area contributed by atoms with Crippen molar-refractivity contribution in [3.05, 3.63) is 54.6 Å². The molecule has 210 valence electrons. The van der Waals surface area contributed by atoms with Gasteiger partial charge in [-0.1, -0.05) is 42.5 Å². The van der Waals surface area contributed by atoms with Crippen molar-refractivity contribution in [2.45, 2.75) is 24.5 Å². The second kappa shape index (κ2) is 13.4. The minimum absolute atomic E-state index is 0.221. The number of aliphatic hydroxyl groups excluding tert-OH is 1. The molecule has 4 rings (SSSR count). The summed E-state index contributed by atoms with van der Waals surface area (Å²) in [5.41, 5.74) is 3.81. The van der Waals surface area contributed by atoms with Crippen molar-refractivity contribution in [1.82, 2.24) is 10.2 Å². The Kier molecular flexibility index (Phi) is 10.9. The number of benzene rings is 2. The van der Waals surface area contributed by atoms with E-state index >= 15 is 0 Å². The molecule has 0 bridgehead atoms. The van der Waals surface area contributed by atoms with Crippen molar-refractivity contribution in [1.29, 1.82) is 0 Å². The number of hydrogen-bond acceptors (Lipinski definition) is 6. The fourth-order valence-electron chi connectivity index (χ4n) is 3.83. The Morgan fingerprint density at radius 1 is 0.737 bits per heavy atom. The Morgan fingerprint density at radius 3 is 1.58 bits per heavy atom. The van der Waals surface area contributed by atoms with E-state index in [2.05, 4.69) is 63.6 Å². The number of carboxylic acid groups (broad SMARTS) is 2. The quantitative estimate of drug-likeness (QED) is 0.431. The normalized spacial score (nSPS) is 20.0. The van der Waals surface area contributed by atoms with Gasteiger partial charge in [0.1, 0.15) is 0 Å². The van der Waals surface area contributed by atoms with Gasteiger partial charge in [-0.3, -0.25) is 4.90 Å². The van der Waals surface area contributed by atoms with Crippen LogP contribution in [0.2, 0.25) is 0 Å². The van der Waals surface area contributed by atoms with Crippen LogP contribution in [0.4, 0.5) is 32.0 Å². The van der Waals surface area contributed by atoms with E-state index in [0.29, 0.717) is 0 Å². The molecule has 0 aliphatic carbocycles. The highest BCUT2D eigenvalue weighted by Crippen LogP contribution is 2.24. The third-order valence-electron chi connectivity index (χ3n) is 5.76. The zero-order chi connectivity index (χ0) is 28.5. The van der Waals surface area contributed by atoms with Gasteiger partial charge in [0, 0.05) is 51.0 Å². The van der Waals surface area contributed by atoms with E-state index < -0.39 is 24.3 Å². The number of alkyl halides is 6. The molecule has 2 aromatic rings. The molecule has 4 N–H and O–H groups in total. The molecule has 2 atom stereocenters. The molecule has 8 nitrogen and oxygen atoms in total. The van der Waals surface area contributed by atoms with E-state index in [9.17, 15) is 31.4 Å². The van der Waals surface area contributed by atoms with Gasteiger partial charge < -0.3 is 25.5 Å². The summed E-state index contributed by atoms with van der Waals surface area (Å²) in [7, 11) is 0. The highest BCUT2D eigenvalue weighted by atomic mass is 19.4. The van der Waals surface area contributed by atoms with Crippen LogP contribution in [-0.2, 0) is 9.59 Å². The summed E-state index contributed by atoms with van der Waals surface area (Å²) >= 11 is 0. The van der Waals surface area contributed by atoms with Crippen molar-refractivity contribution in [3.63, 3.8) is 0 Å². The molecular weight excluding hydrogens is 524 g/mol. The predicted molar refractivity (Wildman–Crippen MR) is 126 cm³/mol. The van der Waals surface area contributed by atoms with E-state index in [0.717, 1.165) is 39.3 Å². The Balaban J connectivity index is 0.000000301. The van der Waals surface area contributed by atoms with E-state index in [1.807, 2.05) is 6.07 Å². The molecule has 0 saturated carbocycles. The van der Waals surface area contributed by atoms with E-state index in [4.69, 9.17) is 19.8 Å². The Morgan fingerprint density at radius 2 is 1.18 bits per heavy atom. The molecule has 2 aliphatic heterocycles. The number of hydrogen-bond donors (Lipinski definition) is 4. The summed E-state index contributed by atoms with van der Waals surface area (Å²) in [5.74, 6) is -5.51. The first kappa shape index (κ1) is 30.9. The van der Waals surface area contributed by atoms with Crippen molar-refractivity contribution < 1.29 is 51.3 Å². The summed E-state index contributed by atoms with van der Waals surface area (Å²) in [4.78, 5) is 22.7. The zero-order valence-corrected chi connectivity index (χ0v) is 19.9. The molecule has 2 heterocycles. The molecule has 2 fully saturated rings. The van der Waals surface area contributed by atoms with Gasteiger partial charge in [-0.25, -0.2) is 9.59 Å². The van der Waals surface area contributed by atoms with Gasteiger partial charge in [-0.15, -0.1) is 0 Å². The second-order valence-electron chi connectivity index (χ2n) is 8.33. The summed E-state index contributed by atoms with van der Waals surface area (Å²) in [6.07, 6.45) is -10.4. The Hall–Kier alpha value is -3.36. The maximum absolute atomic E-state index is 10.6. The van der Waals surface area contributed by atoms with Gasteiger partial charge in [0.05, 0.1) is 6.10 Å². The van der Waals surface area contributed by atoms with E-state index in [-0.39, 0.29) is 12.1 Å². The van der Waals surface area contributed by atoms with Crippen LogP contribution in [-0.4, -0.2) is 95.9 Å². The molecule has 0 amide bonds. The first-order valence-corrected chi connectivity index (χ1v) is 11.3. The van der Waals surface area contributed by atoms with Crippen LogP contribution in [0.1, 0.15) is 0 Å².